The first kappa shape index (κ1) is 19.9. The fourth-order valence-corrected chi connectivity index (χ4v) is 2.91. The SMILES string of the molecule is CCS(=O)(=O)c1ccc(NC(C)=O)cc1N(NC)C(=O)C(F)(F)F. The molecule has 7 nitrogen and oxygen atoms in total. The van der Waals surface area contributed by atoms with Gasteiger partial charge in [-0.15, -0.1) is 0 Å². The summed E-state index contributed by atoms with van der Waals surface area (Å²) in [5.41, 5.74) is 1.54. The van der Waals surface area contributed by atoms with Crippen LogP contribution in [0.4, 0.5) is 24.5 Å². The molecule has 0 saturated heterocycles. The molecule has 0 atom stereocenters. The lowest BCUT2D eigenvalue weighted by Gasteiger charge is -2.25. The highest BCUT2D eigenvalue weighted by atomic mass is 32.2. The Hall–Kier alpha value is -2.14. The molecule has 0 fully saturated rings. The monoisotopic (exact) mass is 367 g/mol. The maximum atomic E-state index is 12.7. The Balaban J connectivity index is 3.60. The highest BCUT2D eigenvalue weighted by Crippen LogP contribution is 2.31. The van der Waals surface area contributed by atoms with E-state index in [-0.39, 0.29) is 16.4 Å². The molecule has 0 unspecified atom stereocenters. The van der Waals surface area contributed by atoms with Crippen molar-refractivity contribution in [2.45, 2.75) is 24.9 Å². The van der Waals surface area contributed by atoms with Crippen LogP contribution >= 0.6 is 0 Å². The van der Waals surface area contributed by atoms with Gasteiger partial charge < -0.3 is 5.32 Å². The summed E-state index contributed by atoms with van der Waals surface area (Å²) in [5.74, 6) is -3.18. The fraction of sp³-hybridized carbons (Fsp3) is 0.385. The van der Waals surface area contributed by atoms with E-state index in [1.165, 1.54) is 19.9 Å². The Morgan fingerprint density at radius 1 is 1.25 bits per heavy atom. The first-order valence-electron chi connectivity index (χ1n) is 6.67. The number of carbonyl (C=O) groups excluding carboxylic acids is 2. The third kappa shape index (κ3) is 4.45. The number of benzene rings is 1. The molecule has 0 aliphatic heterocycles. The molecule has 0 bridgehead atoms. The molecule has 2 N–H and O–H groups in total. The van der Waals surface area contributed by atoms with Gasteiger partial charge >= 0.3 is 12.1 Å². The molecule has 1 rings (SSSR count). The first-order chi connectivity index (χ1) is 10.9. The van der Waals surface area contributed by atoms with Crippen LogP contribution in [0.1, 0.15) is 13.8 Å². The molecule has 0 heterocycles. The van der Waals surface area contributed by atoms with Crippen LogP contribution in [0.2, 0.25) is 0 Å². The smallest absolute Gasteiger partial charge is 0.326 e. The Labute approximate surface area is 136 Å². The Morgan fingerprint density at radius 3 is 2.25 bits per heavy atom. The largest absolute Gasteiger partial charge is 0.473 e. The van der Waals surface area contributed by atoms with E-state index in [1.54, 1.807) is 0 Å². The first-order valence-corrected chi connectivity index (χ1v) is 8.32. The predicted molar refractivity (Wildman–Crippen MR) is 81.1 cm³/mol. The molecule has 2 amide bonds. The predicted octanol–water partition coefficient (Wildman–Crippen LogP) is 1.47. The summed E-state index contributed by atoms with van der Waals surface area (Å²) in [6.45, 7) is 2.49. The van der Waals surface area contributed by atoms with Crippen molar-refractivity contribution >= 4 is 33.0 Å². The average Bonchev–Trinajstić information content (AvgIpc) is 2.46. The molecule has 0 aromatic heterocycles. The van der Waals surface area contributed by atoms with Crippen molar-refractivity contribution in [1.82, 2.24) is 5.43 Å². The van der Waals surface area contributed by atoms with E-state index in [1.807, 2.05) is 5.43 Å². The van der Waals surface area contributed by atoms with E-state index in [2.05, 4.69) is 5.32 Å². The van der Waals surface area contributed by atoms with Crippen molar-refractivity contribution in [3.8, 4) is 0 Å². The van der Waals surface area contributed by atoms with Crippen LogP contribution in [0.5, 0.6) is 0 Å². The van der Waals surface area contributed by atoms with Crippen LogP contribution < -0.4 is 15.8 Å². The number of rotatable bonds is 5. The number of alkyl halides is 3. The van der Waals surface area contributed by atoms with Crippen molar-refractivity contribution in [3.05, 3.63) is 18.2 Å². The van der Waals surface area contributed by atoms with Gasteiger partial charge in [-0.25, -0.2) is 18.9 Å². The Bertz CT molecular complexity index is 747. The third-order valence-electron chi connectivity index (χ3n) is 2.90. The minimum Gasteiger partial charge on any atom is -0.326 e. The highest BCUT2D eigenvalue weighted by molar-refractivity contribution is 7.91. The number of hydrogen-bond donors (Lipinski definition) is 2. The summed E-state index contributed by atoms with van der Waals surface area (Å²) in [6.07, 6.45) is -5.22. The molecular weight excluding hydrogens is 351 g/mol. The van der Waals surface area contributed by atoms with Gasteiger partial charge in [0.25, 0.3) is 0 Å². The van der Waals surface area contributed by atoms with Crippen molar-refractivity contribution in [3.63, 3.8) is 0 Å². The van der Waals surface area contributed by atoms with E-state index < -0.39 is 38.4 Å². The minimum absolute atomic E-state index is 0.0442. The van der Waals surface area contributed by atoms with E-state index in [0.29, 0.717) is 0 Å². The minimum atomic E-state index is -5.22. The van der Waals surface area contributed by atoms with Gasteiger partial charge in [0.1, 0.15) is 0 Å². The normalized spacial score (nSPS) is 11.9. The van der Waals surface area contributed by atoms with E-state index >= 15 is 0 Å². The Kier molecular flexibility index (Phi) is 5.95. The summed E-state index contributed by atoms with van der Waals surface area (Å²) in [7, 11) is -2.88. The van der Waals surface area contributed by atoms with Crippen LogP contribution in [-0.4, -0.2) is 39.2 Å². The number of nitrogens with zero attached hydrogens (tertiary/aromatic N) is 1. The lowest BCUT2D eigenvalue weighted by atomic mass is 10.2. The van der Waals surface area contributed by atoms with Crippen molar-refractivity contribution in [2.75, 3.05) is 23.1 Å². The van der Waals surface area contributed by atoms with Gasteiger partial charge in [-0.1, -0.05) is 6.92 Å². The number of nitrogens with one attached hydrogen (secondary N) is 2. The molecule has 0 aliphatic carbocycles. The van der Waals surface area contributed by atoms with Gasteiger partial charge in [-0.2, -0.15) is 13.2 Å². The number of anilines is 2. The van der Waals surface area contributed by atoms with E-state index in [4.69, 9.17) is 0 Å². The summed E-state index contributed by atoms with van der Waals surface area (Å²) in [5, 5.41) is 2.39. The summed E-state index contributed by atoms with van der Waals surface area (Å²) >= 11 is 0. The van der Waals surface area contributed by atoms with Crippen molar-refractivity contribution in [2.24, 2.45) is 0 Å². The molecule has 0 radical (unpaired) electrons. The number of hydrogen-bond acceptors (Lipinski definition) is 5. The highest BCUT2D eigenvalue weighted by Gasteiger charge is 2.44. The fourth-order valence-electron chi connectivity index (χ4n) is 1.85. The summed E-state index contributed by atoms with van der Waals surface area (Å²) in [6, 6.07) is 3.23. The Morgan fingerprint density at radius 2 is 1.83 bits per heavy atom. The van der Waals surface area contributed by atoms with Gasteiger partial charge in [-0.05, 0) is 18.2 Å². The molecule has 0 saturated carbocycles. The van der Waals surface area contributed by atoms with Gasteiger partial charge in [0, 0.05) is 19.7 Å². The topological polar surface area (TPSA) is 95.6 Å². The molecule has 1 aromatic rings. The number of sulfone groups is 1. The summed E-state index contributed by atoms with van der Waals surface area (Å²) < 4.78 is 62.5. The zero-order valence-corrected chi connectivity index (χ0v) is 13.9. The lowest BCUT2D eigenvalue weighted by Crippen LogP contribution is -2.48. The molecule has 134 valence electrons. The number of carbonyl (C=O) groups is 2. The maximum Gasteiger partial charge on any atom is 0.473 e. The molecule has 0 spiro atoms. The van der Waals surface area contributed by atoms with Crippen LogP contribution in [0.15, 0.2) is 23.1 Å². The van der Waals surface area contributed by atoms with Crippen LogP contribution in [0.25, 0.3) is 0 Å². The molecular formula is C13H16F3N3O4S. The zero-order valence-electron chi connectivity index (χ0n) is 13.1. The molecule has 1 aromatic carbocycles. The van der Waals surface area contributed by atoms with Crippen molar-refractivity contribution in [1.29, 1.82) is 0 Å². The molecule has 24 heavy (non-hydrogen) atoms. The van der Waals surface area contributed by atoms with Gasteiger partial charge in [0.05, 0.1) is 16.3 Å². The number of hydrazine groups is 1. The zero-order chi connectivity index (χ0) is 18.7. The maximum absolute atomic E-state index is 12.7. The van der Waals surface area contributed by atoms with Crippen molar-refractivity contribution < 1.29 is 31.2 Å². The number of amides is 2. The second-order valence-electron chi connectivity index (χ2n) is 4.63. The van der Waals surface area contributed by atoms with E-state index in [0.717, 1.165) is 19.2 Å². The quantitative estimate of drug-likeness (QED) is 0.769. The standard InChI is InChI=1S/C13H16F3N3O4S/c1-4-24(22,23)11-6-5-9(18-8(2)20)7-10(11)19(17-3)12(21)13(14,15)16/h5-7,17H,4H2,1-3H3,(H,18,20). The average molecular weight is 367 g/mol. The van der Waals surface area contributed by atoms with Gasteiger partial charge in [-0.3, -0.25) is 9.59 Å². The number of halogens is 3. The third-order valence-corrected chi connectivity index (χ3v) is 4.68. The summed E-state index contributed by atoms with van der Waals surface area (Å²) in [4.78, 5) is 22.2. The molecule has 11 heteroatoms. The van der Waals surface area contributed by atoms with Crippen LogP contribution in [0.3, 0.4) is 0 Å². The van der Waals surface area contributed by atoms with Gasteiger partial charge in [0.2, 0.25) is 5.91 Å². The van der Waals surface area contributed by atoms with E-state index in [9.17, 15) is 31.2 Å². The van der Waals surface area contributed by atoms with Gasteiger partial charge in [0.15, 0.2) is 9.84 Å². The second-order valence-corrected chi connectivity index (χ2v) is 6.88. The van der Waals surface area contributed by atoms with Crippen LogP contribution in [-0.2, 0) is 19.4 Å². The lowest BCUT2D eigenvalue weighted by molar-refractivity contribution is -0.171. The molecule has 0 aliphatic rings. The second kappa shape index (κ2) is 7.18. The van der Waals surface area contributed by atoms with Crippen LogP contribution in [0, 0.1) is 0 Å².